The average Bonchev–Trinajstić information content (AvgIpc) is 2.69. The highest BCUT2D eigenvalue weighted by atomic mass is 32.2. The van der Waals surface area contributed by atoms with Gasteiger partial charge in [-0.2, -0.15) is 14.7 Å². The van der Waals surface area contributed by atoms with Crippen LogP contribution in [0.15, 0.2) is 44.2 Å². The van der Waals surface area contributed by atoms with E-state index in [1.165, 1.54) is 35.5 Å². The lowest BCUT2D eigenvalue weighted by atomic mass is 10.1. The second-order valence-electron chi connectivity index (χ2n) is 6.12. The standard InChI is InChI=1S/C19H23N5O4S/c1-5-23(6-2)29(27,28)15-10-8-14(9-11-15)21-22-17-13(4)16(12-20)18(25)24(7-3)19(17)26/h8-11,25H,5-7H2,1-4H3. The molecule has 1 N–H and O–H groups in total. The quantitative estimate of drug-likeness (QED) is 0.692. The van der Waals surface area contributed by atoms with Crippen LogP contribution < -0.4 is 5.56 Å². The molecule has 1 aromatic heterocycles. The number of aromatic nitrogens is 1. The highest BCUT2D eigenvalue weighted by Gasteiger charge is 2.21. The van der Waals surface area contributed by atoms with E-state index < -0.39 is 21.5 Å². The topological polar surface area (TPSA) is 128 Å². The predicted octanol–water partition coefficient (Wildman–Crippen LogP) is 3.20. The summed E-state index contributed by atoms with van der Waals surface area (Å²) in [7, 11) is -3.58. The number of sulfonamides is 1. The van der Waals surface area contributed by atoms with E-state index in [4.69, 9.17) is 0 Å². The zero-order valence-corrected chi connectivity index (χ0v) is 17.6. The number of aromatic hydroxyl groups is 1. The first-order valence-corrected chi connectivity index (χ1v) is 10.5. The first-order chi connectivity index (χ1) is 13.7. The summed E-state index contributed by atoms with van der Waals surface area (Å²) in [6.45, 7) is 7.60. The van der Waals surface area contributed by atoms with Gasteiger partial charge < -0.3 is 5.11 Å². The van der Waals surface area contributed by atoms with E-state index in [1.54, 1.807) is 20.8 Å². The van der Waals surface area contributed by atoms with Gasteiger partial charge in [0.2, 0.25) is 15.9 Å². The minimum Gasteiger partial charge on any atom is -0.493 e. The van der Waals surface area contributed by atoms with Crippen molar-refractivity contribution < 1.29 is 13.5 Å². The Morgan fingerprint density at radius 1 is 1.14 bits per heavy atom. The molecule has 0 spiro atoms. The zero-order chi connectivity index (χ0) is 21.8. The minimum atomic E-state index is -3.58. The fourth-order valence-corrected chi connectivity index (χ4v) is 4.31. The van der Waals surface area contributed by atoms with Crippen LogP contribution in [0.3, 0.4) is 0 Å². The molecule has 0 saturated carbocycles. The molecular formula is C19H23N5O4S. The Balaban J connectivity index is 2.44. The van der Waals surface area contributed by atoms with Crippen molar-refractivity contribution in [2.24, 2.45) is 10.2 Å². The average molecular weight is 417 g/mol. The van der Waals surface area contributed by atoms with Crippen LogP contribution >= 0.6 is 0 Å². The zero-order valence-electron chi connectivity index (χ0n) is 16.7. The molecule has 0 saturated heterocycles. The van der Waals surface area contributed by atoms with Gasteiger partial charge in [-0.25, -0.2) is 8.42 Å². The number of pyridine rings is 1. The Hall–Kier alpha value is -3.03. The third kappa shape index (κ3) is 4.21. The number of nitrogens with zero attached hydrogens (tertiary/aromatic N) is 5. The maximum absolute atomic E-state index is 12.5. The first-order valence-electron chi connectivity index (χ1n) is 9.11. The van der Waals surface area contributed by atoms with E-state index in [2.05, 4.69) is 10.2 Å². The molecule has 0 aliphatic heterocycles. The van der Waals surface area contributed by atoms with Crippen LogP contribution in [0.25, 0.3) is 0 Å². The molecule has 0 radical (unpaired) electrons. The molecule has 154 valence electrons. The van der Waals surface area contributed by atoms with Gasteiger partial charge in [0.15, 0.2) is 5.69 Å². The lowest BCUT2D eigenvalue weighted by Gasteiger charge is -2.18. The van der Waals surface area contributed by atoms with Gasteiger partial charge in [0.05, 0.1) is 10.6 Å². The number of azo groups is 1. The largest absolute Gasteiger partial charge is 0.493 e. The third-order valence-corrected chi connectivity index (χ3v) is 6.59. The van der Waals surface area contributed by atoms with E-state index >= 15 is 0 Å². The van der Waals surface area contributed by atoms with Crippen LogP contribution in [0, 0.1) is 18.3 Å². The van der Waals surface area contributed by atoms with Gasteiger partial charge in [0.25, 0.3) is 5.56 Å². The molecule has 0 atom stereocenters. The van der Waals surface area contributed by atoms with Gasteiger partial charge >= 0.3 is 0 Å². The number of benzene rings is 1. The summed E-state index contributed by atoms with van der Waals surface area (Å²) >= 11 is 0. The lowest BCUT2D eigenvalue weighted by Crippen LogP contribution is -2.30. The Morgan fingerprint density at radius 2 is 1.72 bits per heavy atom. The highest BCUT2D eigenvalue weighted by molar-refractivity contribution is 7.89. The van der Waals surface area contributed by atoms with Crippen molar-refractivity contribution in [2.45, 2.75) is 39.1 Å². The Bertz CT molecular complexity index is 1130. The second kappa shape index (κ2) is 8.98. The van der Waals surface area contributed by atoms with Gasteiger partial charge in [-0.05, 0) is 38.1 Å². The van der Waals surface area contributed by atoms with Crippen molar-refractivity contribution in [1.82, 2.24) is 8.87 Å². The van der Waals surface area contributed by atoms with Crippen molar-refractivity contribution >= 4 is 21.4 Å². The summed E-state index contributed by atoms with van der Waals surface area (Å²) in [6, 6.07) is 7.69. The van der Waals surface area contributed by atoms with Crippen LogP contribution in [-0.4, -0.2) is 35.5 Å². The van der Waals surface area contributed by atoms with E-state index in [9.17, 15) is 23.6 Å². The number of rotatable bonds is 7. The highest BCUT2D eigenvalue weighted by Crippen LogP contribution is 2.27. The van der Waals surface area contributed by atoms with Gasteiger partial charge in [0.1, 0.15) is 11.6 Å². The van der Waals surface area contributed by atoms with Gasteiger partial charge in [-0.15, -0.1) is 5.11 Å². The normalized spacial score (nSPS) is 11.9. The van der Waals surface area contributed by atoms with Crippen molar-refractivity contribution in [3.05, 3.63) is 45.7 Å². The van der Waals surface area contributed by atoms with E-state index in [0.717, 1.165) is 4.57 Å². The molecule has 0 aliphatic rings. The molecule has 0 fully saturated rings. The molecular weight excluding hydrogens is 394 g/mol. The molecule has 0 unspecified atom stereocenters. The molecule has 2 rings (SSSR count). The van der Waals surface area contributed by atoms with E-state index in [-0.39, 0.29) is 28.3 Å². The van der Waals surface area contributed by atoms with Crippen molar-refractivity contribution in [2.75, 3.05) is 13.1 Å². The Labute approximate surface area is 169 Å². The lowest BCUT2D eigenvalue weighted by molar-refractivity contribution is 0.409. The molecule has 2 aromatic rings. The Kier molecular flexibility index (Phi) is 6.89. The third-order valence-electron chi connectivity index (χ3n) is 4.53. The monoisotopic (exact) mass is 417 g/mol. The minimum absolute atomic E-state index is 0.0407. The van der Waals surface area contributed by atoms with Crippen molar-refractivity contribution in [1.29, 1.82) is 5.26 Å². The molecule has 1 aromatic carbocycles. The smallest absolute Gasteiger partial charge is 0.281 e. The molecule has 0 bridgehead atoms. The second-order valence-corrected chi connectivity index (χ2v) is 8.05. The fraction of sp³-hybridized carbons (Fsp3) is 0.368. The fourth-order valence-electron chi connectivity index (χ4n) is 2.86. The summed E-state index contributed by atoms with van der Waals surface area (Å²) < 4.78 is 27.4. The van der Waals surface area contributed by atoms with Crippen molar-refractivity contribution in [3.63, 3.8) is 0 Å². The van der Waals surface area contributed by atoms with Crippen LogP contribution in [0.1, 0.15) is 31.9 Å². The number of hydrogen-bond acceptors (Lipinski definition) is 7. The molecule has 0 amide bonds. The number of hydrogen-bond donors (Lipinski definition) is 1. The SMILES string of the molecule is CCN(CC)S(=O)(=O)c1ccc(N=Nc2c(C)c(C#N)c(O)n(CC)c2=O)cc1. The van der Waals surface area contributed by atoms with Crippen molar-refractivity contribution in [3.8, 4) is 11.9 Å². The van der Waals surface area contributed by atoms with E-state index in [1.807, 2.05) is 6.07 Å². The molecule has 10 heteroatoms. The summed E-state index contributed by atoms with van der Waals surface area (Å²) in [4.78, 5) is 12.7. The molecule has 1 heterocycles. The van der Waals surface area contributed by atoms with Crippen LogP contribution in [0.5, 0.6) is 5.88 Å². The van der Waals surface area contributed by atoms with Gasteiger partial charge in [-0.1, -0.05) is 13.8 Å². The molecule has 29 heavy (non-hydrogen) atoms. The predicted molar refractivity (Wildman–Crippen MR) is 108 cm³/mol. The number of nitriles is 1. The summed E-state index contributed by atoms with van der Waals surface area (Å²) in [5.74, 6) is -0.401. The molecule has 9 nitrogen and oxygen atoms in total. The summed E-state index contributed by atoms with van der Waals surface area (Å²) in [6.07, 6.45) is 0. The van der Waals surface area contributed by atoms with Crippen LogP contribution in [0.2, 0.25) is 0 Å². The van der Waals surface area contributed by atoms with Crippen LogP contribution in [-0.2, 0) is 16.6 Å². The van der Waals surface area contributed by atoms with Crippen LogP contribution in [0.4, 0.5) is 11.4 Å². The van der Waals surface area contributed by atoms with Gasteiger partial charge in [-0.3, -0.25) is 9.36 Å². The maximum atomic E-state index is 12.5. The summed E-state index contributed by atoms with van der Waals surface area (Å²) in [5, 5.41) is 27.3. The Morgan fingerprint density at radius 3 is 2.21 bits per heavy atom. The molecule has 0 aliphatic carbocycles. The first kappa shape index (κ1) is 22.3. The van der Waals surface area contributed by atoms with E-state index in [0.29, 0.717) is 18.8 Å². The van der Waals surface area contributed by atoms with Gasteiger partial charge in [0, 0.05) is 25.2 Å². The maximum Gasteiger partial charge on any atom is 0.281 e. The summed E-state index contributed by atoms with van der Waals surface area (Å²) in [5.41, 5.74) is -0.0887.